The normalized spacial score (nSPS) is 10.3. The number of carbonyl (C=O) groups excluding carboxylic acids is 1. The summed E-state index contributed by atoms with van der Waals surface area (Å²) in [5, 5.41) is 3.93. The fraction of sp³-hybridized carbons (Fsp3) is 0.150. The molecule has 1 N–H and O–H groups in total. The summed E-state index contributed by atoms with van der Waals surface area (Å²) in [6.45, 7) is 1.77. The van der Waals surface area contributed by atoms with Gasteiger partial charge >= 0.3 is 5.97 Å². The van der Waals surface area contributed by atoms with E-state index >= 15 is 0 Å². The van der Waals surface area contributed by atoms with Crippen molar-refractivity contribution in [2.24, 2.45) is 0 Å². The predicted molar refractivity (Wildman–Crippen MR) is 106 cm³/mol. The molecule has 0 bridgehead atoms. The molecule has 0 spiro atoms. The lowest BCUT2D eigenvalue weighted by Crippen LogP contribution is -2.17. The molecule has 0 saturated carbocycles. The number of anilines is 2. The molecule has 3 aromatic rings. The molecule has 0 radical (unpaired) electrons. The van der Waals surface area contributed by atoms with Crippen molar-refractivity contribution in [3.05, 3.63) is 66.4 Å². The van der Waals surface area contributed by atoms with Crippen LogP contribution in [0.15, 0.2) is 65.8 Å². The van der Waals surface area contributed by atoms with Gasteiger partial charge < -0.3 is 14.8 Å². The SMILES string of the molecule is CSc1nc(C)cc(Nc2ccc(OC(=O)COc3ccccc3)cc2)n1. The lowest BCUT2D eigenvalue weighted by Gasteiger charge is -2.09. The number of benzene rings is 2. The largest absolute Gasteiger partial charge is 0.482 e. The van der Waals surface area contributed by atoms with Crippen molar-refractivity contribution >= 4 is 29.2 Å². The summed E-state index contributed by atoms with van der Waals surface area (Å²) in [5.41, 5.74) is 1.72. The van der Waals surface area contributed by atoms with Crippen molar-refractivity contribution in [3.63, 3.8) is 0 Å². The first-order valence-corrected chi connectivity index (χ1v) is 9.50. The summed E-state index contributed by atoms with van der Waals surface area (Å²) in [6.07, 6.45) is 1.93. The number of para-hydroxylation sites is 1. The Morgan fingerprint density at radius 2 is 1.78 bits per heavy atom. The van der Waals surface area contributed by atoms with Gasteiger partial charge in [0.2, 0.25) is 0 Å². The molecule has 2 aromatic carbocycles. The zero-order valence-electron chi connectivity index (χ0n) is 15.0. The average Bonchev–Trinajstić information content (AvgIpc) is 2.68. The number of hydrogen-bond acceptors (Lipinski definition) is 7. The minimum absolute atomic E-state index is 0.151. The molecular formula is C20H19N3O3S. The lowest BCUT2D eigenvalue weighted by molar-refractivity contribution is -0.136. The second kappa shape index (κ2) is 9.05. The van der Waals surface area contributed by atoms with Crippen LogP contribution in [0.3, 0.4) is 0 Å². The van der Waals surface area contributed by atoms with Crippen LogP contribution < -0.4 is 14.8 Å². The highest BCUT2D eigenvalue weighted by Gasteiger charge is 2.07. The molecular weight excluding hydrogens is 362 g/mol. The number of hydrogen-bond donors (Lipinski definition) is 1. The van der Waals surface area contributed by atoms with Crippen molar-refractivity contribution in [1.29, 1.82) is 0 Å². The van der Waals surface area contributed by atoms with Gasteiger partial charge in [-0.3, -0.25) is 0 Å². The van der Waals surface area contributed by atoms with Crippen molar-refractivity contribution < 1.29 is 14.3 Å². The highest BCUT2D eigenvalue weighted by atomic mass is 32.2. The molecule has 0 fully saturated rings. The fourth-order valence-corrected chi connectivity index (χ4v) is 2.70. The summed E-state index contributed by atoms with van der Waals surface area (Å²) < 4.78 is 10.6. The number of nitrogens with zero attached hydrogens (tertiary/aromatic N) is 2. The van der Waals surface area contributed by atoms with Gasteiger partial charge in [0.15, 0.2) is 11.8 Å². The topological polar surface area (TPSA) is 73.3 Å². The Balaban J connectivity index is 1.55. The van der Waals surface area contributed by atoms with E-state index in [1.54, 1.807) is 24.3 Å². The molecule has 0 aliphatic heterocycles. The molecule has 138 valence electrons. The number of esters is 1. The van der Waals surface area contributed by atoms with Crippen LogP contribution in [-0.4, -0.2) is 28.8 Å². The average molecular weight is 381 g/mol. The summed E-state index contributed by atoms with van der Waals surface area (Å²) >= 11 is 1.49. The second-order valence-corrected chi connectivity index (χ2v) is 6.38. The molecule has 0 saturated heterocycles. The molecule has 1 aromatic heterocycles. The van der Waals surface area contributed by atoms with Crippen LogP contribution in [-0.2, 0) is 4.79 Å². The highest BCUT2D eigenvalue weighted by molar-refractivity contribution is 7.98. The standard InChI is InChI=1S/C20H19N3O3S/c1-14-12-18(23-20(21-14)27-2)22-15-8-10-17(11-9-15)26-19(24)13-25-16-6-4-3-5-7-16/h3-12H,13H2,1-2H3,(H,21,22,23). The third-order valence-electron chi connectivity index (χ3n) is 3.47. The Labute approximate surface area is 162 Å². The minimum Gasteiger partial charge on any atom is -0.482 e. The van der Waals surface area contributed by atoms with Crippen molar-refractivity contribution in [1.82, 2.24) is 9.97 Å². The zero-order valence-corrected chi connectivity index (χ0v) is 15.8. The first kappa shape index (κ1) is 18.7. The molecule has 27 heavy (non-hydrogen) atoms. The Hall–Kier alpha value is -3.06. The fourth-order valence-electron chi connectivity index (χ4n) is 2.27. The van der Waals surface area contributed by atoms with Gasteiger partial charge in [-0.15, -0.1) is 0 Å². The molecule has 7 heteroatoms. The zero-order chi connectivity index (χ0) is 19.1. The second-order valence-electron chi connectivity index (χ2n) is 5.61. The number of ether oxygens (including phenoxy) is 2. The van der Waals surface area contributed by atoms with Crippen LogP contribution in [0.1, 0.15) is 5.69 Å². The molecule has 0 amide bonds. The smallest absolute Gasteiger partial charge is 0.349 e. The summed E-state index contributed by atoms with van der Waals surface area (Å²) in [7, 11) is 0. The van der Waals surface area contributed by atoms with Gasteiger partial charge in [0.25, 0.3) is 0 Å². The van der Waals surface area contributed by atoms with E-state index < -0.39 is 5.97 Å². The number of carbonyl (C=O) groups is 1. The summed E-state index contributed by atoms with van der Waals surface area (Å²) in [6, 6.07) is 18.1. The van der Waals surface area contributed by atoms with Crippen LogP contribution in [0.4, 0.5) is 11.5 Å². The number of thioether (sulfide) groups is 1. The number of aryl methyl sites for hydroxylation is 1. The van der Waals surface area contributed by atoms with Crippen LogP contribution in [0.2, 0.25) is 0 Å². The van der Waals surface area contributed by atoms with Crippen LogP contribution in [0.25, 0.3) is 0 Å². The van der Waals surface area contributed by atoms with Crippen LogP contribution >= 0.6 is 11.8 Å². The molecule has 0 atom stereocenters. The molecule has 0 aliphatic carbocycles. The number of aromatic nitrogens is 2. The molecule has 1 heterocycles. The first-order valence-electron chi connectivity index (χ1n) is 8.27. The van der Waals surface area contributed by atoms with E-state index in [9.17, 15) is 4.79 Å². The predicted octanol–water partition coefficient (Wildman–Crippen LogP) is 4.23. The Morgan fingerprint density at radius 1 is 1.04 bits per heavy atom. The van der Waals surface area contributed by atoms with Gasteiger partial charge in [0.1, 0.15) is 17.3 Å². The monoisotopic (exact) mass is 381 g/mol. The molecule has 6 nitrogen and oxygen atoms in total. The third kappa shape index (κ3) is 5.72. The quantitative estimate of drug-likeness (QED) is 0.284. The third-order valence-corrected chi connectivity index (χ3v) is 4.02. The summed E-state index contributed by atoms with van der Waals surface area (Å²) in [5.74, 6) is 1.33. The Kier molecular flexibility index (Phi) is 6.27. The van der Waals surface area contributed by atoms with Crippen LogP contribution in [0.5, 0.6) is 11.5 Å². The molecule has 0 unspecified atom stereocenters. The van der Waals surface area contributed by atoms with Gasteiger partial charge in [0.05, 0.1) is 0 Å². The lowest BCUT2D eigenvalue weighted by atomic mass is 10.3. The van der Waals surface area contributed by atoms with Crippen molar-refractivity contribution in [3.8, 4) is 11.5 Å². The number of rotatable bonds is 7. The Bertz CT molecular complexity index is 902. The van der Waals surface area contributed by atoms with E-state index in [-0.39, 0.29) is 6.61 Å². The van der Waals surface area contributed by atoms with Gasteiger partial charge in [-0.1, -0.05) is 30.0 Å². The van der Waals surface area contributed by atoms with E-state index in [0.717, 1.165) is 11.4 Å². The minimum atomic E-state index is -0.462. The summed E-state index contributed by atoms with van der Waals surface area (Å²) in [4.78, 5) is 20.6. The maximum Gasteiger partial charge on any atom is 0.349 e. The van der Waals surface area contributed by atoms with Gasteiger partial charge in [0, 0.05) is 17.4 Å². The maximum absolute atomic E-state index is 11.9. The van der Waals surface area contributed by atoms with E-state index in [1.165, 1.54) is 11.8 Å². The van der Waals surface area contributed by atoms with Gasteiger partial charge in [-0.25, -0.2) is 14.8 Å². The highest BCUT2D eigenvalue weighted by Crippen LogP contribution is 2.21. The van der Waals surface area contributed by atoms with Crippen molar-refractivity contribution in [2.45, 2.75) is 12.1 Å². The number of nitrogens with one attached hydrogen (secondary N) is 1. The van der Waals surface area contributed by atoms with E-state index in [4.69, 9.17) is 9.47 Å². The van der Waals surface area contributed by atoms with Crippen molar-refractivity contribution in [2.75, 3.05) is 18.2 Å². The molecule has 0 aliphatic rings. The van der Waals surface area contributed by atoms with E-state index in [1.807, 2.05) is 49.6 Å². The Morgan fingerprint density at radius 3 is 2.48 bits per heavy atom. The van der Waals surface area contributed by atoms with Crippen LogP contribution in [0, 0.1) is 6.92 Å². The van der Waals surface area contributed by atoms with Gasteiger partial charge in [-0.2, -0.15) is 0 Å². The van der Waals surface area contributed by atoms with E-state index in [0.29, 0.717) is 22.5 Å². The maximum atomic E-state index is 11.9. The first-order chi connectivity index (χ1) is 13.1. The van der Waals surface area contributed by atoms with E-state index in [2.05, 4.69) is 15.3 Å². The van der Waals surface area contributed by atoms with Gasteiger partial charge in [-0.05, 0) is 49.6 Å². The molecule has 3 rings (SSSR count).